The molecule has 3 N–H and O–H groups in total. The maximum atomic E-state index is 12.6. The van der Waals surface area contributed by atoms with E-state index in [4.69, 9.17) is 10.7 Å². The highest BCUT2D eigenvalue weighted by Gasteiger charge is 2.33. The van der Waals surface area contributed by atoms with E-state index in [1.807, 2.05) is 38.1 Å². The van der Waals surface area contributed by atoms with Gasteiger partial charge in [0.15, 0.2) is 0 Å². The minimum atomic E-state index is -0.485. The van der Waals surface area contributed by atoms with E-state index in [1.165, 1.54) is 18.7 Å². The zero-order valence-electron chi connectivity index (χ0n) is 15.2. The largest absolute Gasteiger partial charge is 0.334 e. The van der Waals surface area contributed by atoms with E-state index in [1.54, 1.807) is 0 Å². The van der Waals surface area contributed by atoms with E-state index in [0.717, 1.165) is 42.8 Å². The fourth-order valence-corrected chi connectivity index (χ4v) is 3.49. The van der Waals surface area contributed by atoms with Gasteiger partial charge in [-0.1, -0.05) is 26.0 Å². The third kappa shape index (κ3) is 3.47. The van der Waals surface area contributed by atoms with Gasteiger partial charge in [-0.05, 0) is 37.8 Å². The first-order valence-electron chi connectivity index (χ1n) is 9.30. The number of anilines is 1. The molecule has 1 amide bonds. The molecule has 0 spiro atoms. The SMILES string of the molecule is CCC(CC)(CN)C(=O)Nc1ccc(-c2cn3c(n2)CCCC3)cc1. The number of rotatable bonds is 6. The quantitative estimate of drug-likeness (QED) is 0.844. The number of carbonyl (C=O) groups excluding carboxylic acids is 1. The predicted octanol–water partition coefficient (Wildman–Crippen LogP) is 3.59. The zero-order valence-corrected chi connectivity index (χ0v) is 15.2. The molecule has 0 aliphatic carbocycles. The Morgan fingerprint density at radius 3 is 2.56 bits per heavy atom. The highest BCUT2D eigenvalue weighted by molar-refractivity contribution is 5.95. The lowest BCUT2D eigenvalue weighted by atomic mass is 9.81. The monoisotopic (exact) mass is 340 g/mol. The van der Waals surface area contributed by atoms with E-state index in [9.17, 15) is 4.79 Å². The smallest absolute Gasteiger partial charge is 0.231 e. The highest BCUT2D eigenvalue weighted by Crippen LogP contribution is 2.28. The minimum absolute atomic E-state index is 0.00482. The molecule has 5 heteroatoms. The molecule has 0 fully saturated rings. The van der Waals surface area contributed by atoms with Crippen LogP contribution in [-0.2, 0) is 17.8 Å². The molecule has 5 nitrogen and oxygen atoms in total. The minimum Gasteiger partial charge on any atom is -0.334 e. The summed E-state index contributed by atoms with van der Waals surface area (Å²) in [6.45, 7) is 5.45. The Bertz CT molecular complexity index is 697. The first kappa shape index (κ1) is 17.7. The van der Waals surface area contributed by atoms with Gasteiger partial charge in [0.25, 0.3) is 0 Å². The number of nitrogens with one attached hydrogen (secondary N) is 1. The first-order valence-corrected chi connectivity index (χ1v) is 9.30. The fourth-order valence-electron chi connectivity index (χ4n) is 3.49. The van der Waals surface area contributed by atoms with E-state index >= 15 is 0 Å². The summed E-state index contributed by atoms with van der Waals surface area (Å²) in [7, 11) is 0. The van der Waals surface area contributed by atoms with Crippen LogP contribution in [0.25, 0.3) is 11.3 Å². The lowest BCUT2D eigenvalue weighted by molar-refractivity contribution is -0.125. The molecule has 2 aromatic rings. The second kappa shape index (κ2) is 7.40. The van der Waals surface area contributed by atoms with Crippen LogP contribution in [-0.4, -0.2) is 22.0 Å². The topological polar surface area (TPSA) is 72.9 Å². The number of hydrogen-bond donors (Lipinski definition) is 2. The maximum absolute atomic E-state index is 12.6. The van der Waals surface area contributed by atoms with Gasteiger partial charge in [-0.2, -0.15) is 0 Å². The van der Waals surface area contributed by atoms with Crippen LogP contribution in [0.5, 0.6) is 0 Å². The molecule has 25 heavy (non-hydrogen) atoms. The van der Waals surface area contributed by atoms with Gasteiger partial charge in [-0.15, -0.1) is 0 Å². The number of hydrogen-bond acceptors (Lipinski definition) is 3. The van der Waals surface area contributed by atoms with Crippen molar-refractivity contribution < 1.29 is 4.79 Å². The number of aryl methyl sites for hydroxylation is 2. The van der Waals surface area contributed by atoms with Crippen LogP contribution >= 0.6 is 0 Å². The third-order valence-corrected chi connectivity index (χ3v) is 5.57. The fraction of sp³-hybridized carbons (Fsp3) is 0.500. The summed E-state index contributed by atoms with van der Waals surface area (Å²) in [5.41, 5.74) is 8.27. The summed E-state index contributed by atoms with van der Waals surface area (Å²) in [6, 6.07) is 7.92. The Hall–Kier alpha value is -2.14. The average molecular weight is 340 g/mol. The Balaban J connectivity index is 1.74. The number of aromatic nitrogens is 2. The van der Waals surface area contributed by atoms with Crippen LogP contribution in [0.1, 0.15) is 45.4 Å². The van der Waals surface area contributed by atoms with Crippen LogP contribution in [0.3, 0.4) is 0 Å². The van der Waals surface area contributed by atoms with Crippen molar-refractivity contribution >= 4 is 11.6 Å². The van der Waals surface area contributed by atoms with Crippen LogP contribution in [0.4, 0.5) is 5.69 Å². The number of carbonyl (C=O) groups is 1. The molecular formula is C20H28N4O. The van der Waals surface area contributed by atoms with Gasteiger partial charge in [0.1, 0.15) is 5.82 Å². The molecule has 0 unspecified atom stereocenters. The Kier molecular flexibility index (Phi) is 5.23. The van der Waals surface area contributed by atoms with Crippen molar-refractivity contribution in [1.29, 1.82) is 0 Å². The number of benzene rings is 1. The molecule has 0 bridgehead atoms. The van der Waals surface area contributed by atoms with Crippen molar-refractivity contribution in [2.75, 3.05) is 11.9 Å². The van der Waals surface area contributed by atoms with Gasteiger partial charge in [-0.25, -0.2) is 4.98 Å². The van der Waals surface area contributed by atoms with E-state index in [-0.39, 0.29) is 5.91 Å². The normalized spacial score (nSPS) is 14.2. The molecular weight excluding hydrogens is 312 g/mol. The lowest BCUT2D eigenvalue weighted by Crippen LogP contribution is -2.41. The molecule has 1 aromatic carbocycles. The van der Waals surface area contributed by atoms with Crippen molar-refractivity contribution in [1.82, 2.24) is 9.55 Å². The number of fused-ring (bicyclic) bond motifs is 1. The summed E-state index contributed by atoms with van der Waals surface area (Å²) >= 11 is 0. The summed E-state index contributed by atoms with van der Waals surface area (Å²) in [4.78, 5) is 17.4. The molecule has 0 saturated carbocycles. The van der Waals surface area contributed by atoms with Crippen molar-refractivity contribution in [3.05, 3.63) is 36.3 Å². The number of amides is 1. The average Bonchev–Trinajstić information content (AvgIpc) is 3.08. The standard InChI is InChI=1S/C20H28N4O/c1-3-20(4-2,14-21)19(25)22-16-10-8-15(9-11-16)17-13-24-12-6-5-7-18(24)23-17/h8-11,13H,3-7,12,14,21H2,1-2H3,(H,22,25). The van der Waals surface area contributed by atoms with Crippen LogP contribution in [0.2, 0.25) is 0 Å². The summed E-state index contributed by atoms with van der Waals surface area (Å²) in [5.74, 6) is 1.18. The van der Waals surface area contributed by atoms with Crippen molar-refractivity contribution in [2.24, 2.45) is 11.1 Å². The Morgan fingerprint density at radius 2 is 1.96 bits per heavy atom. The molecule has 0 atom stereocenters. The Labute approximate surface area is 149 Å². The molecule has 1 aliphatic heterocycles. The van der Waals surface area contributed by atoms with Gasteiger partial charge in [0.2, 0.25) is 5.91 Å². The first-order chi connectivity index (χ1) is 12.1. The van der Waals surface area contributed by atoms with Gasteiger partial charge >= 0.3 is 0 Å². The molecule has 1 aliphatic rings. The summed E-state index contributed by atoms with van der Waals surface area (Å²) < 4.78 is 2.26. The molecule has 0 saturated heterocycles. The van der Waals surface area contributed by atoms with Crippen LogP contribution in [0, 0.1) is 5.41 Å². The Morgan fingerprint density at radius 1 is 1.24 bits per heavy atom. The predicted molar refractivity (Wildman–Crippen MR) is 101 cm³/mol. The molecule has 1 aromatic heterocycles. The van der Waals surface area contributed by atoms with E-state index < -0.39 is 5.41 Å². The van der Waals surface area contributed by atoms with Crippen molar-refractivity contribution in [3.63, 3.8) is 0 Å². The third-order valence-electron chi connectivity index (χ3n) is 5.57. The van der Waals surface area contributed by atoms with E-state index in [0.29, 0.717) is 6.54 Å². The van der Waals surface area contributed by atoms with E-state index in [2.05, 4.69) is 16.1 Å². The molecule has 0 radical (unpaired) electrons. The van der Waals surface area contributed by atoms with Crippen LogP contribution < -0.4 is 11.1 Å². The van der Waals surface area contributed by atoms with Gasteiger partial charge in [0, 0.05) is 37.0 Å². The van der Waals surface area contributed by atoms with Gasteiger partial charge in [-0.3, -0.25) is 4.79 Å². The molecule has 3 rings (SSSR count). The summed E-state index contributed by atoms with van der Waals surface area (Å²) in [5, 5.41) is 3.02. The van der Waals surface area contributed by atoms with Crippen molar-refractivity contribution in [2.45, 2.75) is 52.5 Å². The number of nitrogens with zero attached hydrogens (tertiary/aromatic N) is 2. The number of imidazole rings is 1. The molecule has 134 valence electrons. The lowest BCUT2D eigenvalue weighted by Gasteiger charge is -2.28. The zero-order chi connectivity index (χ0) is 17.9. The van der Waals surface area contributed by atoms with Crippen molar-refractivity contribution in [3.8, 4) is 11.3 Å². The maximum Gasteiger partial charge on any atom is 0.231 e. The highest BCUT2D eigenvalue weighted by atomic mass is 16.2. The van der Waals surface area contributed by atoms with Gasteiger partial charge < -0.3 is 15.6 Å². The van der Waals surface area contributed by atoms with Crippen LogP contribution in [0.15, 0.2) is 30.5 Å². The second-order valence-corrected chi connectivity index (χ2v) is 6.92. The van der Waals surface area contributed by atoms with Gasteiger partial charge in [0.05, 0.1) is 11.1 Å². The number of nitrogens with two attached hydrogens (primary N) is 1. The molecule has 2 heterocycles. The summed E-state index contributed by atoms with van der Waals surface area (Å²) in [6.07, 6.45) is 7.12. The second-order valence-electron chi connectivity index (χ2n) is 6.92.